The first-order valence-electron chi connectivity index (χ1n) is 6.54. The zero-order chi connectivity index (χ0) is 11.0. The maximum atomic E-state index is 11.5. The predicted octanol–water partition coefficient (Wildman–Crippen LogP) is -0.194. The average molecular weight is 223 g/mol. The highest BCUT2D eigenvalue weighted by Gasteiger charge is 2.39. The summed E-state index contributed by atoms with van der Waals surface area (Å²) >= 11 is 0. The molecule has 3 atom stereocenters. The highest BCUT2D eigenvalue weighted by Crippen LogP contribution is 2.30. The molecule has 3 heterocycles. The Morgan fingerprint density at radius 2 is 1.94 bits per heavy atom. The van der Waals surface area contributed by atoms with E-state index in [-0.39, 0.29) is 5.91 Å². The molecule has 0 aromatic heterocycles. The quantitative estimate of drug-likeness (QED) is 0.647. The predicted molar refractivity (Wildman–Crippen MR) is 62.1 cm³/mol. The molecule has 1 unspecified atom stereocenters. The summed E-state index contributed by atoms with van der Waals surface area (Å²) in [6, 6.07) is 0.507. The monoisotopic (exact) mass is 223 g/mol. The Morgan fingerprint density at radius 1 is 1.19 bits per heavy atom. The Hall–Kier alpha value is -0.610. The van der Waals surface area contributed by atoms with Crippen LogP contribution in [0, 0.1) is 11.8 Å². The van der Waals surface area contributed by atoms with Crippen LogP contribution in [0.4, 0.5) is 0 Å². The molecule has 16 heavy (non-hydrogen) atoms. The van der Waals surface area contributed by atoms with Crippen LogP contribution < -0.4 is 10.6 Å². The van der Waals surface area contributed by atoms with Gasteiger partial charge in [0.25, 0.3) is 0 Å². The van der Waals surface area contributed by atoms with E-state index in [1.54, 1.807) is 0 Å². The van der Waals surface area contributed by atoms with Crippen molar-refractivity contribution in [2.45, 2.75) is 25.3 Å². The summed E-state index contributed by atoms with van der Waals surface area (Å²) in [5, 5.41) is 6.43. The van der Waals surface area contributed by atoms with Crippen LogP contribution in [-0.2, 0) is 4.79 Å². The van der Waals surface area contributed by atoms with Gasteiger partial charge in [0.05, 0.1) is 0 Å². The van der Waals surface area contributed by atoms with Crippen molar-refractivity contribution in [3.63, 3.8) is 0 Å². The Bertz CT molecular complexity index is 269. The van der Waals surface area contributed by atoms with Crippen molar-refractivity contribution in [3.05, 3.63) is 0 Å². The lowest BCUT2D eigenvalue weighted by atomic mass is 10.0. The molecule has 1 amide bonds. The SMILES string of the molecule is O=C1CC(N2C[C@H]3CNC[C@H]3C2)CCCN1. The Morgan fingerprint density at radius 3 is 2.69 bits per heavy atom. The summed E-state index contributed by atoms with van der Waals surface area (Å²) in [6.45, 7) is 5.64. The van der Waals surface area contributed by atoms with Crippen LogP contribution >= 0.6 is 0 Å². The number of fused-ring (bicyclic) bond motifs is 1. The number of nitrogens with one attached hydrogen (secondary N) is 2. The number of likely N-dealkylation sites (tertiary alicyclic amines) is 1. The molecule has 0 aromatic carbocycles. The second-order valence-electron chi connectivity index (χ2n) is 5.48. The first-order chi connectivity index (χ1) is 7.83. The Balaban J connectivity index is 1.62. The lowest BCUT2D eigenvalue weighted by molar-refractivity contribution is -0.121. The Kier molecular flexibility index (Phi) is 2.86. The molecule has 0 spiro atoms. The molecule has 0 aliphatic carbocycles. The van der Waals surface area contributed by atoms with Gasteiger partial charge in [-0.1, -0.05) is 0 Å². The molecule has 4 heteroatoms. The van der Waals surface area contributed by atoms with Crippen LogP contribution in [-0.4, -0.2) is 49.6 Å². The van der Waals surface area contributed by atoms with E-state index < -0.39 is 0 Å². The molecule has 0 bridgehead atoms. The molecule has 90 valence electrons. The van der Waals surface area contributed by atoms with E-state index in [1.165, 1.54) is 32.6 Å². The van der Waals surface area contributed by atoms with E-state index in [0.717, 1.165) is 24.8 Å². The van der Waals surface area contributed by atoms with Gasteiger partial charge in [-0.05, 0) is 37.8 Å². The zero-order valence-corrected chi connectivity index (χ0v) is 9.74. The zero-order valence-electron chi connectivity index (χ0n) is 9.74. The third kappa shape index (κ3) is 1.96. The van der Waals surface area contributed by atoms with Crippen molar-refractivity contribution in [2.75, 3.05) is 32.7 Å². The molecule has 3 aliphatic rings. The second kappa shape index (κ2) is 4.34. The smallest absolute Gasteiger partial charge is 0.221 e. The van der Waals surface area contributed by atoms with Crippen molar-refractivity contribution in [1.29, 1.82) is 0 Å². The average Bonchev–Trinajstić information content (AvgIpc) is 2.76. The van der Waals surface area contributed by atoms with Crippen LogP contribution in [0.25, 0.3) is 0 Å². The van der Waals surface area contributed by atoms with Crippen molar-refractivity contribution in [1.82, 2.24) is 15.5 Å². The van der Waals surface area contributed by atoms with Crippen LogP contribution in [0.2, 0.25) is 0 Å². The highest BCUT2D eigenvalue weighted by atomic mass is 16.1. The standard InChI is InChI=1S/C12H21N3O/c16-12-4-11(2-1-3-14-12)15-7-9-5-13-6-10(9)8-15/h9-11,13H,1-8H2,(H,14,16)/t9-,10+,11?. The number of carbonyl (C=O) groups excluding carboxylic acids is 1. The first kappa shape index (κ1) is 10.5. The minimum absolute atomic E-state index is 0.248. The van der Waals surface area contributed by atoms with Crippen LogP contribution in [0.3, 0.4) is 0 Å². The molecular formula is C12H21N3O. The van der Waals surface area contributed by atoms with Crippen molar-refractivity contribution < 1.29 is 4.79 Å². The summed E-state index contributed by atoms with van der Waals surface area (Å²) in [5.74, 6) is 1.93. The molecule has 3 rings (SSSR count). The fourth-order valence-electron chi connectivity index (χ4n) is 3.46. The van der Waals surface area contributed by atoms with Crippen molar-refractivity contribution in [2.24, 2.45) is 11.8 Å². The normalized spacial score (nSPS) is 40.5. The minimum atomic E-state index is 0.248. The van der Waals surface area contributed by atoms with Crippen molar-refractivity contribution >= 4 is 5.91 Å². The van der Waals surface area contributed by atoms with Gasteiger partial charge in [-0.25, -0.2) is 0 Å². The molecule has 3 fully saturated rings. The maximum absolute atomic E-state index is 11.5. The molecular weight excluding hydrogens is 202 g/mol. The van der Waals surface area contributed by atoms with Gasteiger partial charge < -0.3 is 10.6 Å². The molecule has 4 nitrogen and oxygen atoms in total. The van der Waals surface area contributed by atoms with Gasteiger partial charge in [-0.3, -0.25) is 9.69 Å². The van der Waals surface area contributed by atoms with E-state index in [9.17, 15) is 4.79 Å². The molecule has 0 saturated carbocycles. The first-order valence-corrected chi connectivity index (χ1v) is 6.54. The molecule has 0 radical (unpaired) electrons. The van der Waals surface area contributed by atoms with Gasteiger partial charge in [-0.2, -0.15) is 0 Å². The van der Waals surface area contributed by atoms with Gasteiger partial charge in [0.15, 0.2) is 0 Å². The van der Waals surface area contributed by atoms with Gasteiger partial charge in [0, 0.05) is 32.1 Å². The summed E-state index contributed by atoms with van der Waals surface area (Å²) in [6.07, 6.45) is 3.04. The highest BCUT2D eigenvalue weighted by molar-refractivity contribution is 5.76. The number of carbonyl (C=O) groups is 1. The fourth-order valence-corrected chi connectivity index (χ4v) is 3.46. The van der Waals surface area contributed by atoms with Crippen LogP contribution in [0.1, 0.15) is 19.3 Å². The summed E-state index contributed by atoms with van der Waals surface area (Å²) < 4.78 is 0. The van der Waals surface area contributed by atoms with E-state index in [2.05, 4.69) is 15.5 Å². The summed E-state index contributed by atoms with van der Waals surface area (Å²) in [7, 11) is 0. The largest absolute Gasteiger partial charge is 0.356 e. The lowest BCUT2D eigenvalue weighted by Gasteiger charge is -2.26. The third-order valence-electron chi connectivity index (χ3n) is 4.39. The molecule has 2 N–H and O–H groups in total. The minimum Gasteiger partial charge on any atom is -0.356 e. The van der Waals surface area contributed by atoms with Gasteiger partial charge in [0.1, 0.15) is 0 Å². The number of rotatable bonds is 1. The number of hydrogen-bond donors (Lipinski definition) is 2. The fraction of sp³-hybridized carbons (Fsp3) is 0.917. The van der Waals surface area contributed by atoms with E-state index in [0.29, 0.717) is 12.5 Å². The van der Waals surface area contributed by atoms with E-state index in [1.807, 2.05) is 0 Å². The number of hydrogen-bond acceptors (Lipinski definition) is 3. The van der Waals surface area contributed by atoms with Gasteiger partial charge >= 0.3 is 0 Å². The topological polar surface area (TPSA) is 44.4 Å². The number of amides is 1. The molecule has 3 saturated heterocycles. The summed E-state index contributed by atoms with van der Waals surface area (Å²) in [5.41, 5.74) is 0. The van der Waals surface area contributed by atoms with Gasteiger partial charge in [-0.15, -0.1) is 0 Å². The third-order valence-corrected chi connectivity index (χ3v) is 4.39. The van der Waals surface area contributed by atoms with Crippen LogP contribution in [0.15, 0.2) is 0 Å². The van der Waals surface area contributed by atoms with Gasteiger partial charge in [0.2, 0.25) is 5.91 Å². The van der Waals surface area contributed by atoms with Crippen LogP contribution in [0.5, 0.6) is 0 Å². The summed E-state index contributed by atoms with van der Waals surface area (Å²) in [4.78, 5) is 14.1. The lowest BCUT2D eigenvalue weighted by Crippen LogP contribution is -2.37. The van der Waals surface area contributed by atoms with E-state index in [4.69, 9.17) is 0 Å². The molecule has 3 aliphatic heterocycles. The second-order valence-corrected chi connectivity index (χ2v) is 5.48. The van der Waals surface area contributed by atoms with Crippen molar-refractivity contribution in [3.8, 4) is 0 Å². The molecule has 0 aromatic rings. The Labute approximate surface area is 96.8 Å². The van der Waals surface area contributed by atoms with E-state index >= 15 is 0 Å². The maximum Gasteiger partial charge on any atom is 0.221 e. The number of nitrogens with zero attached hydrogens (tertiary/aromatic N) is 1.